The predicted octanol–water partition coefficient (Wildman–Crippen LogP) is 1.05. The number of aliphatic hydroxyl groups is 1. The van der Waals surface area contributed by atoms with E-state index in [-0.39, 0.29) is 23.6 Å². The van der Waals surface area contributed by atoms with Crippen molar-refractivity contribution in [2.24, 2.45) is 0 Å². The van der Waals surface area contributed by atoms with Crippen molar-refractivity contribution in [3.8, 4) is 11.5 Å². The first kappa shape index (κ1) is 12.7. The van der Waals surface area contributed by atoms with E-state index in [1.165, 1.54) is 13.2 Å². The fraction of sp³-hybridized carbons (Fsp3) is 0.462. The molecule has 0 aromatic heterocycles. The smallest absolute Gasteiger partial charge is 0.255 e. The fourth-order valence-electron chi connectivity index (χ4n) is 1.97. The minimum absolute atomic E-state index is 0.150. The van der Waals surface area contributed by atoms with Crippen molar-refractivity contribution in [1.29, 1.82) is 0 Å². The maximum Gasteiger partial charge on any atom is 0.255 e. The molecule has 0 heterocycles. The van der Waals surface area contributed by atoms with E-state index in [1.807, 2.05) is 0 Å². The van der Waals surface area contributed by atoms with Gasteiger partial charge in [0, 0.05) is 6.54 Å². The molecule has 0 radical (unpaired) electrons. The van der Waals surface area contributed by atoms with E-state index in [1.54, 1.807) is 12.1 Å². The highest BCUT2D eigenvalue weighted by Crippen LogP contribution is 2.32. The Bertz CT molecular complexity index is 454. The number of amides is 1. The molecule has 1 fully saturated rings. The first-order chi connectivity index (χ1) is 8.56. The predicted molar refractivity (Wildman–Crippen MR) is 65.8 cm³/mol. The van der Waals surface area contributed by atoms with Gasteiger partial charge < -0.3 is 20.3 Å². The fourth-order valence-corrected chi connectivity index (χ4v) is 1.97. The monoisotopic (exact) mass is 251 g/mol. The van der Waals surface area contributed by atoms with Gasteiger partial charge in [0.05, 0.1) is 18.3 Å². The number of benzene rings is 1. The number of carbonyl (C=O) groups is 1. The molecule has 3 N–H and O–H groups in total. The van der Waals surface area contributed by atoms with Crippen molar-refractivity contribution < 1.29 is 19.7 Å². The summed E-state index contributed by atoms with van der Waals surface area (Å²) in [7, 11) is 1.42. The SMILES string of the molecule is COc1cccc(C(=O)NCC2(O)CCC2)c1O. The van der Waals surface area contributed by atoms with Crippen LogP contribution in [-0.4, -0.2) is 35.4 Å². The number of carbonyl (C=O) groups excluding carboxylic acids is 1. The zero-order valence-electron chi connectivity index (χ0n) is 10.3. The quantitative estimate of drug-likeness (QED) is 0.747. The van der Waals surface area contributed by atoms with Crippen molar-refractivity contribution in [2.75, 3.05) is 13.7 Å². The van der Waals surface area contributed by atoms with Crippen molar-refractivity contribution in [3.63, 3.8) is 0 Å². The summed E-state index contributed by atoms with van der Waals surface area (Å²) in [5.74, 6) is -0.338. The minimum atomic E-state index is -0.774. The van der Waals surface area contributed by atoms with Crippen molar-refractivity contribution in [1.82, 2.24) is 5.32 Å². The van der Waals surface area contributed by atoms with Crippen LogP contribution in [0.3, 0.4) is 0 Å². The van der Waals surface area contributed by atoms with Crippen molar-refractivity contribution in [3.05, 3.63) is 23.8 Å². The molecule has 0 saturated heterocycles. The Labute approximate surface area is 105 Å². The number of aromatic hydroxyl groups is 1. The summed E-state index contributed by atoms with van der Waals surface area (Å²) in [4.78, 5) is 11.9. The Hall–Kier alpha value is -1.75. The van der Waals surface area contributed by atoms with Gasteiger partial charge in [0.25, 0.3) is 5.91 Å². The van der Waals surface area contributed by atoms with Crippen LogP contribution in [0.5, 0.6) is 11.5 Å². The van der Waals surface area contributed by atoms with Gasteiger partial charge in [-0.1, -0.05) is 6.07 Å². The van der Waals surface area contributed by atoms with Gasteiger partial charge >= 0.3 is 0 Å². The molecule has 1 amide bonds. The Balaban J connectivity index is 2.04. The van der Waals surface area contributed by atoms with Gasteiger partial charge in [0.2, 0.25) is 0 Å². The van der Waals surface area contributed by atoms with Gasteiger partial charge in [-0.3, -0.25) is 4.79 Å². The molecular formula is C13H17NO4. The van der Waals surface area contributed by atoms with E-state index < -0.39 is 11.5 Å². The molecule has 1 saturated carbocycles. The van der Waals surface area contributed by atoms with E-state index in [4.69, 9.17) is 4.74 Å². The van der Waals surface area contributed by atoms with Crippen LogP contribution in [0.15, 0.2) is 18.2 Å². The van der Waals surface area contributed by atoms with Crippen molar-refractivity contribution >= 4 is 5.91 Å². The standard InChI is InChI=1S/C13H17NO4/c1-18-10-5-2-4-9(11(10)15)12(16)14-8-13(17)6-3-7-13/h2,4-5,15,17H,3,6-8H2,1H3,(H,14,16). The number of rotatable bonds is 4. The number of para-hydroxylation sites is 1. The van der Waals surface area contributed by atoms with E-state index in [9.17, 15) is 15.0 Å². The van der Waals surface area contributed by atoms with Gasteiger partial charge in [-0.05, 0) is 31.4 Å². The zero-order valence-corrected chi connectivity index (χ0v) is 10.3. The molecule has 1 aliphatic rings. The Morgan fingerprint density at radius 2 is 2.22 bits per heavy atom. The van der Waals surface area contributed by atoms with E-state index >= 15 is 0 Å². The highest BCUT2D eigenvalue weighted by atomic mass is 16.5. The summed E-state index contributed by atoms with van der Waals surface area (Å²) >= 11 is 0. The summed E-state index contributed by atoms with van der Waals surface area (Å²) in [6, 6.07) is 4.72. The Morgan fingerprint density at radius 3 is 2.78 bits per heavy atom. The van der Waals surface area contributed by atoms with Gasteiger partial charge in [-0.15, -0.1) is 0 Å². The number of ether oxygens (including phenoxy) is 1. The maximum atomic E-state index is 11.9. The molecule has 18 heavy (non-hydrogen) atoms. The Morgan fingerprint density at radius 1 is 1.50 bits per heavy atom. The average Bonchev–Trinajstić information content (AvgIpc) is 2.34. The van der Waals surface area contributed by atoms with E-state index in [0.717, 1.165) is 6.42 Å². The van der Waals surface area contributed by atoms with Gasteiger partial charge in [-0.25, -0.2) is 0 Å². The van der Waals surface area contributed by atoms with Crippen LogP contribution in [0.2, 0.25) is 0 Å². The zero-order chi connectivity index (χ0) is 13.2. The highest BCUT2D eigenvalue weighted by molar-refractivity contribution is 5.97. The van der Waals surface area contributed by atoms with Crippen LogP contribution in [0.25, 0.3) is 0 Å². The summed E-state index contributed by atoms with van der Waals surface area (Å²) in [5.41, 5.74) is -0.623. The van der Waals surface area contributed by atoms with Crippen LogP contribution in [0.4, 0.5) is 0 Å². The van der Waals surface area contributed by atoms with Crippen LogP contribution in [0, 0.1) is 0 Å². The molecule has 1 aromatic rings. The molecule has 5 heteroatoms. The maximum absolute atomic E-state index is 11.9. The second-order valence-electron chi connectivity index (χ2n) is 4.62. The van der Waals surface area contributed by atoms with Gasteiger partial charge in [0.1, 0.15) is 0 Å². The van der Waals surface area contributed by atoms with Crippen molar-refractivity contribution in [2.45, 2.75) is 24.9 Å². The third-order valence-electron chi connectivity index (χ3n) is 3.33. The van der Waals surface area contributed by atoms with Gasteiger partial charge in [-0.2, -0.15) is 0 Å². The molecule has 0 aliphatic heterocycles. The lowest BCUT2D eigenvalue weighted by Crippen LogP contribution is -2.47. The third-order valence-corrected chi connectivity index (χ3v) is 3.33. The second kappa shape index (κ2) is 4.86. The molecule has 5 nitrogen and oxygen atoms in total. The van der Waals surface area contributed by atoms with Crippen LogP contribution in [-0.2, 0) is 0 Å². The average molecular weight is 251 g/mol. The molecule has 2 rings (SSSR count). The molecule has 1 aliphatic carbocycles. The first-order valence-corrected chi connectivity index (χ1v) is 5.92. The molecule has 98 valence electrons. The molecule has 0 bridgehead atoms. The lowest BCUT2D eigenvalue weighted by molar-refractivity contribution is -0.0300. The Kier molecular flexibility index (Phi) is 3.43. The normalized spacial score (nSPS) is 16.8. The summed E-state index contributed by atoms with van der Waals surface area (Å²) < 4.78 is 4.93. The molecule has 0 unspecified atom stereocenters. The topological polar surface area (TPSA) is 78.8 Å². The summed E-state index contributed by atoms with van der Waals surface area (Å²) in [6.07, 6.45) is 2.39. The first-order valence-electron chi connectivity index (χ1n) is 5.92. The number of methoxy groups -OCH3 is 1. The summed E-state index contributed by atoms with van der Waals surface area (Å²) in [6.45, 7) is 0.211. The highest BCUT2D eigenvalue weighted by Gasteiger charge is 2.34. The van der Waals surface area contributed by atoms with E-state index in [2.05, 4.69) is 5.32 Å². The summed E-state index contributed by atoms with van der Waals surface area (Å²) in [5, 5.41) is 22.3. The lowest BCUT2D eigenvalue weighted by Gasteiger charge is -2.36. The number of phenolic OH excluding ortho intramolecular Hbond substituents is 1. The van der Waals surface area contributed by atoms with Crippen LogP contribution >= 0.6 is 0 Å². The van der Waals surface area contributed by atoms with Gasteiger partial charge in [0.15, 0.2) is 11.5 Å². The lowest BCUT2D eigenvalue weighted by atomic mass is 9.80. The molecule has 0 spiro atoms. The molecule has 0 atom stereocenters. The third kappa shape index (κ3) is 2.41. The number of nitrogens with one attached hydrogen (secondary N) is 1. The number of hydrogen-bond acceptors (Lipinski definition) is 4. The largest absolute Gasteiger partial charge is 0.504 e. The second-order valence-corrected chi connectivity index (χ2v) is 4.62. The van der Waals surface area contributed by atoms with Crippen LogP contribution in [0.1, 0.15) is 29.6 Å². The van der Waals surface area contributed by atoms with E-state index in [0.29, 0.717) is 12.8 Å². The molecular weight excluding hydrogens is 234 g/mol. The molecule has 1 aromatic carbocycles. The van der Waals surface area contributed by atoms with Crippen LogP contribution < -0.4 is 10.1 Å². The number of phenols is 1. The minimum Gasteiger partial charge on any atom is -0.504 e. The number of hydrogen-bond donors (Lipinski definition) is 3.